The third-order valence-corrected chi connectivity index (χ3v) is 4.87. The molecule has 142 valence electrons. The Morgan fingerprint density at radius 2 is 2.15 bits per heavy atom. The number of ether oxygens (including phenoxy) is 2. The zero-order chi connectivity index (χ0) is 19.6. The van der Waals surface area contributed by atoms with E-state index in [2.05, 4.69) is 15.3 Å². The first-order valence-electron chi connectivity index (χ1n) is 8.04. The van der Waals surface area contributed by atoms with Gasteiger partial charge in [0.2, 0.25) is 5.95 Å². The van der Waals surface area contributed by atoms with Crippen molar-refractivity contribution in [1.82, 2.24) is 9.97 Å². The molecule has 0 saturated heterocycles. The Hall–Kier alpha value is -3.01. The summed E-state index contributed by atoms with van der Waals surface area (Å²) in [6.45, 7) is 1.95. The van der Waals surface area contributed by atoms with Gasteiger partial charge in [0.25, 0.3) is 11.8 Å². The standard InChI is InChI=1S/C17H18N4O5S/c1-4-27-17-19-11-7-9(15(23)24)5-6-10(11)14(22)21(17)16-18-8-12(25-2)13(20-16)26-3/h5-8,17,19H,4H2,1-3H3,(H,23,24). The Morgan fingerprint density at radius 1 is 1.37 bits per heavy atom. The summed E-state index contributed by atoms with van der Waals surface area (Å²) in [4.78, 5) is 34.3. The summed E-state index contributed by atoms with van der Waals surface area (Å²) in [6.07, 6.45) is 1.44. The molecule has 1 aromatic heterocycles. The lowest BCUT2D eigenvalue weighted by Crippen LogP contribution is -2.48. The molecule has 3 rings (SSSR count). The van der Waals surface area contributed by atoms with Crippen LogP contribution in [-0.4, -0.2) is 52.4 Å². The fourth-order valence-corrected chi connectivity index (χ4v) is 3.50. The molecule has 1 amide bonds. The van der Waals surface area contributed by atoms with Crippen LogP contribution in [0.25, 0.3) is 0 Å². The SMILES string of the molecule is CCSC1Nc2cc(C(=O)O)ccc2C(=O)N1c1ncc(OC)c(OC)n1. The smallest absolute Gasteiger partial charge is 0.335 e. The summed E-state index contributed by atoms with van der Waals surface area (Å²) in [5.41, 5.74) is 0.399. The predicted octanol–water partition coefficient (Wildman–Crippen LogP) is 2.30. The number of methoxy groups -OCH3 is 2. The number of hydrogen-bond acceptors (Lipinski definition) is 8. The first-order chi connectivity index (χ1) is 13.0. The second kappa shape index (κ2) is 7.70. The van der Waals surface area contributed by atoms with Gasteiger partial charge in [-0.2, -0.15) is 4.98 Å². The molecule has 10 heteroatoms. The lowest BCUT2D eigenvalue weighted by atomic mass is 10.1. The van der Waals surface area contributed by atoms with Gasteiger partial charge in [-0.1, -0.05) is 6.92 Å². The van der Waals surface area contributed by atoms with Crippen LogP contribution in [0.4, 0.5) is 11.6 Å². The van der Waals surface area contributed by atoms with Gasteiger partial charge >= 0.3 is 5.97 Å². The van der Waals surface area contributed by atoms with Gasteiger partial charge in [0, 0.05) is 0 Å². The number of carboxylic acid groups (broad SMARTS) is 1. The summed E-state index contributed by atoms with van der Waals surface area (Å²) in [5, 5.41) is 12.4. The number of thioether (sulfide) groups is 1. The molecule has 0 radical (unpaired) electrons. The molecule has 1 aliphatic heterocycles. The largest absolute Gasteiger partial charge is 0.490 e. The van der Waals surface area contributed by atoms with Gasteiger partial charge in [-0.3, -0.25) is 4.79 Å². The molecule has 27 heavy (non-hydrogen) atoms. The van der Waals surface area contributed by atoms with E-state index in [1.807, 2.05) is 6.92 Å². The number of anilines is 2. The van der Waals surface area contributed by atoms with Crippen molar-refractivity contribution in [1.29, 1.82) is 0 Å². The van der Waals surface area contributed by atoms with Crippen molar-refractivity contribution in [2.45, 2.75) is 12.4 Å². The van der Waals surface area contributed by atoms with Crippen molar-refractivity contribution < 1.29 is 24.2 Å². The summed E-state index contributed by atoms with van der Waals surface area (Å²) < 4.78 is 10.3. The Balaban J connectivity index is 2.06. The lowest BCUT2D eigenvalue weighted by Gasteiger charge is -2.35. The van der Waals surface area contributed by atoms with Crippen LogP contribution in [0.3, 0.4) is 0 Å². The number of rotatable bonds is 6. The van der Waals surface area contributed by atoms with Gasteiger partial charge < -0.3 is 19.9 Å². The van der Waals surface area contributed by atoms with E-state index in [-0.39, 0.29) is 23.3 Å². The first-order valence-corrected chi connectivity index (χ1v) is 9.09. The molecule has 1 aromatic carbocycles. The number of fused-ring (bicyclic) bond motifs is 1. The third-order valence-electron chi connectivity index (χ3n) is 3.89. The van der Waals surface area contributed by atoms with Crippen LogP contribution in [0.15, 0.2) is 24.4 Å². The van der Waals surface area contributed by atoms with E-state index in [0.29, 0.717) is 22.8 Å². The molecule has 2 heterocycles. The van der Waals surface area contributed by atoms with Gasteiger partial charge in [0.05, 0.1) is 37.2 Å². The average molecular weight is 390 g/mol. The van der Waals surface area contributed by atoms with Crippen molar-refractivity contribution >= 4 is 35.3 Å². The van der Waals surface area contributed by atoms with Gasteiger partial charge in [-0.15, -0.1) is 11.8 Å². The van der Waals surface area contributed by atoms with E-state index in [4.69, 9.17) is 9.47 Å². The van der Waals surface area contributed by atoms with Crippen molar-refractivity contribution in [3.05, 3.63) is 35.5 Å². The molecule has 9 nitrogen and oxygen atoms in total. The molecule has 2 N–H and O–H groups in total. The molecule has 0 bridgehead atoms. The number of nitrogens with zero attached hydrogens (tertiary/aromatic N) is 3. The highest BCUT2D eigenvalue weighted by molar-refractivity contribution is 8.00. The molecule has 1 aliphatic rings. The van der Waals surface area contributed by atoms with Crippen LogP contribution in [-0.2, 0) is 0 Å². The van der Waals surface area contributed by atoms with Gasteiger partial charge in [0.15, 0.2) is 11.2 Å². The highest BCUT2D eigenvalue weighted by Gasteiger charge is 2.35. The average Bonchev–Trinajstić information content (AvgIpc) is 2.67. The quantitative estimate of drug-likeness (QED) is 0.767. The van der Waals surface area contributed by atoms with Gasteiger partial charge in [-0.05, 0) is 24.0 Å². The maximum Gasteiger partial charge on any atom is 0.335 e. The second-order valence-corrected chi connectivity index (χ2v) is 6.80. The molecule has 1 unspecified atom stereocenters. The van der Waals surface area contributed by atoms with Crippen molar-refractivity contribution in [2.75, 3.05) is 30.2 Å². The number of nitrogens with one attached hydrogen (secondary N) is 1. The van der Waals surface area contributed by atoms with Crippen LogP contribution in [0.5, 0.6) is 11.6 Å². The van der Waals surface area contributed by atoms with E-state index in [1.165, 1.54) is 55.3 Å². The monoisotopic (exact) mass is 390 g/mol. The van der Waals surface area contributed by atoms with Crippen molar-refractivity contribution in [3.8, 4) is 11.6 Å². The van der Waals surface area contributed by atoms with Crippen molar-refractivity contribution in [3.63, 3.8) is 0 Å². The van der Waals surface area contributed by atoms with Crippen molar-refractivity contribution in [2.24, 2.45) is 0 Å². The topological polar surface area (TPSA) is 114 Å². The fourth-order valence-electron chi connectivity index (χ4n) is 2.64. The molecule has 0 saturated carbocycles. The van der Waals surface area contributed by atoms with E-state index in [9.17, 15) is 14.7 Å². The molecule has 0 spiro atoms. The minimum Gasteiger partial charge on any atom is -0.490 e. The summed E-state index contributed by atoms with van der Waals surface area (Å²) in [6, 6.07) is 4.32. The Morgan fingerprint density at radius 3 is 2.78 bits per heavy atom. The Labute approximate surface area is 159 Å². The summed E-state index contributed by atoms with van der Waals surface area (Å²) in [5.74, 6) is 0.0376. The Kier molecular flexibility index (Phi) is 5.36. The number of hydrogen-bond donors (Lipinski definition) is 2. The number of carbonyl (C=O) groups is 2. The highest BCUT2D eigenvalue weighted by atomic mass is 32.2. The van der Waals surface area contributed by atoms with E-state index >= 15 is 0 Å². The van der Waals surface area contributed by atoms with Crippen LogP contribution in [0.2, 0.25) is 0 Å². The molecular weight excluding hydrogens is 372 g/mol. The van der Waals surface area contributed by atoms with Crippen LogP contribution in [0, 0.1) is 0 Å². The Bertz CT molecular complexity index is 892. The number of benzene rings is 1. The number of aromatic carboxylic acids is 1. The van der Waals surface area contributed by atoms with E-state index in [0.717, 1.165) is 0 Å². The zero-order valence-electron chi connectivity index (χ0n) is 14.9. The van der Waals surface area contributed by atoms with Crippen LogP contribution >= 0.6 is 11.8 Å². The second-order valence-electron chi connectivity index (χ2n) is 5.44. The molecular formula is C17H18N4O5S. The number of amides is 1. The van der Waals surface area contributed by atoms with E-state index < -0.39 is 11.5 Å². The number of aromatic nitrogens is 2. The summed E-state index contributed by atoms with van der Waals surface area (Å²) >= 11 is 1.45. The minimum absolute atomic E-state index is 0.102. The fraction of sp³-hybridized carbons (Fsp3) is 0.294. The van der Waals surface area contributed by atoms with Crippen LogP contribution in [0.1, 0.15) is 27.6 Å². The van der Waals surface area contributed by atoms with Crippen LogP contribution < -0.4 is 19.7 Å². The number of carboxylic acids is 1. The highest BCUT2D eigenvalue weighted by Crippen LogP contribution is 2.34. The minimum atomic E-state index is -1.06. The zero-order valence-corrected chi connectivity index (χ0v) is 15.7. The molecule has 0 fully saturated rings. The molecule has 0 aliphatic carbocycles. The normalized spacial score (nSPS) is 15.7. The van der Waals surface area contributed by atoms with Gasteiger partial charge in [0.1, 0.15) is 0 Å². The lowest BCUT2D eigenvalue weighted by molar-refractivity contribution is 0.0696. The maximum absolute atomic E-state index is 13.1. The third kappa shape index (κ3) is 3.47. The molecule has 1 atom stereocenters. The number of carbonyl (C=O) groups excluding carboxylic acids is 1. The van der Waals surface area contributed by atoms with E-state index in [1.54, 1.807) is 0 Å². The maximum atomic E-state index is 13.1. The van der Waals surface area contributed by atoms with Gasteiger partial charge in [-0.25, -0.2) is 14.7 Å². The summed E-state index contributed by atoms with van der Waals surface area (Å²) in [7, 11) is 2.92. The molecule has 2 aromatic rings. The first kappa shape index (κ1) is 18.8. The predicted molar refractivity (Wildman–Crippen MR) is 101 cm³/mol.